The Morgan fingerprint density at radius 3 is 2.08 bits per heavy atom. The largest absolute Gasteiger partial charge is 0.381 e. The maximum atomic E-state index is 13.1. The van der Waals surface area contributed by atoms with Gasteiger partial charge in [0.2, 0.25) is 0 Å². The number of nitrogens with one attached hydrogen (secondary N) is 1. The van der Waals surface area contributed by atoms with Crippen molar-refractivity contribution in [2.24, 2.45) is 16.7 Å². The normalized spacial score (nSPS) is 24.4. The predicted octanol–water partition coefficient (Wildman–Crippen LogP) is 5.00. The number of thiol groups is 3. The number of allylic oxidation sites excluding steroid dienone is 2. The second-order valence-electron chi connectivity index (χ2n) is 8.64. The molecule has 2 unspecified atom stereocenters. The highest BCUT2D eigenvalue weighted by Gasteiger charge is 2.47. The fourth-order valence-corrected chi connectivity index (χ4v) is 4.21. The van der Waals surface area contributed by atoms with Gasteiger partial charge in [-0.05, 0) is 16.4 Å². The molecule has 2 rings (SSSR count). The Bertz CT molecular complexity index is 763. The summed E-state index contributed by atoms with van der Waals surface area (Å²) in [7, 11) is 0. The molecular weight excluding hydrogens is 370 g/mol. The second-order valence-corrected chi connectivity index (χ2v) is 9.98. The van der Waals surface area contributed by atoms with Crippen LogP contribution < -0.4 is 0 Å². The molecule has 2 N–H and O–H groups in total. The molecule has 0 amide bonds. The van der Waals surface area contributed by atoms with Crippen molar-refractivity contribution in [3.8, 4) is 0 Å². The zero-order valence-corrected chi connectivity index (χ0v) is 18.2. The Labute approximate surface area is 166 Å². The van der Waals surface area contributed by atoms with E-state index in [0.717, 1.165) is 5.57 Å². The van der Waals surface area contributed by atoms with Gasteiger partial charge < -0.3 is 10.1 Å². The standard InChI is InChI=1S/C19H27NO2S3/c1-17(2,3)11-9-10(7-8-19(11,22)18(4,5)6)13(21)12-14(23)16(25)20-15(12)24/h7-10,20,22-25H,1-6H3. The van der Waals surface area contributed by atoms with E-state index in [2.05, 4.69) is 42.9 Å². The molecule has 1 aromatic rings. The molecule has 6 heteroatoms. The van der Waals surface area contributed by atoms with Gasteiger partial charge in [-0.25, -0.2) is 0 Å². The smallest absolute Gasteiger partial charge is 0.177 e. The van der Waals surface area contributed by atoms with Crippen LogP contribution in [-0.2, 0) is 0 Å². The van der Waals surface area contributed by atoms with Crippen LogP contribution in [0.15, 0.2) is 38.7 Å². The first-order chi connectivity index (χ1) is 11.2. The first-order valence-corrected chi connectivity index (χ1v) is 9.56. The van der Waals surface area contributed by atoms with Crippen LogP contribution in [0.5, 0.6) is 0 Å². The van der Waals surface area contributed by atoms with Crippen LogP contribution in [0.4, 0.5) is 0 Å². The summed E-state index contributed by atoms with van der Waals surface area (Å²) in [6.45, 7) is 12.1. The molecule has 0 saturated heterocycles. The molecular formula is C19H27NO2S3. The van der Waals surface area contributed by atoms with Crippen LogP contribution in [0.25, 0.3) is 0 Å². The van der Waals surface area contributed by atoms with Crippen LogP contribution in [0, 0.1) is 16.7 Å². The lowest BCUT2D eigenvalue weighted by atomic mass is 9.62. The topological polar surface area (TPSA) is 53.1 Å². The third-order valence-electron chi connectivity index (χ3n) is 4.74. The minimum Gasteiger partial charge on any atom is -0.381 e. The number of carbonyl (C=O) groups is 1. The molecule has 0 bridgehead atoms. The molecule has 0 radical (unpaired) electrons. The highest BCUT2D eigenvalue weighted by Crippen LogP contribution is 2.48. The molecule has 1 heterocycles. The van der Waals surface area contributed by atoms with Crippen molar-refractivity contribution in [1.82, 2.24) is 4.98 Å². The zero-order valence-electron chi connectivity index (χ0n) is 15.5. The molecule has 1 aliphatic rings. The third kappa shape index (κ3) is 3.64. The van der Waals surface area contributed by atoms with E-state index in [-0.39, 0.29) is 11.2 Å². The summed E-state index contributed by atoms with van der Waals surface area (Å²) in [4.78, 5) is 16.5. The average molecular weight is 398 g/mol. The molecule has 3 nitrogen and oxygen atoms in total. The van der Waals surface area contributed by atoms with E-state index in [1.54, 1.807) is 12.2 Å². The minimum atomic E-state index is -1.11. The van der Waals surface area contributed by atoms with E-state index >= 15 is 0 Å². The van der Waals surface area contributed by atoms with Crippen molar-refractivity contribution in [1.29, 1.82) is 0 Å². The summed E-state index contributed by atoms with van der Waals surface area (Å²) < 4.78 is 0. The van der Waals surface area contributed by atoms with Crippen molar-refractivity contribution < 1.29 is 9.90 Å². The molecule has 138 valence electrons. The SMILES string of the molecule is CC(C)(C)C1=CC(C(=O)c2c(S)[nH]c(S)c2S)C=CC1(O)C(C)(C)C. The predicted molar refractivity (Wildman–Crippen MR) is 111 cm³/mol. The van der Waals surface area contributed by atoms with Crippen molar-refractivity contribution in [2.75, 3.05) is 0 Å². The van der Waals surface area contributed by atoms with E-state index in [9.17, 15) is 9.90 Å². The third-order valence-corrected chi connectivity index (χ3v) is 6.03. The van der Waals surface area contributed by atoms with E-state index < -0.39 is 16.9 Å². The average Bonchev–Trinajstić information content (AvgIpc) is 2.69. The van der Waals surface area contributed by atoms with Crippen molar-refractivity contribution >= 4 is 43.7 Å². The molecule has 2 atom stereocenters. The lowest BCUT2D eigenvalue weighted by Crippen LogP contribution is -2.48. The van der Waals surface area contributed by atoms with Gasteiger partial charge in [-0.1, -0.05) is 59.8 Å². The number of Topliss-reactive ketones (excluding diaryl/α,β-unsaturated/α-hetero) is 1. The van der Waals surface area contributed by atoms with Crippen LogP contribution in [0.2, 0.25) is 0 Å². The Balaban J connectivity index is 2.54. The lowest BCUT2D eigenvalue weighted by Gasteiger charge is -2.47. The van der Waals surface area contributed by atoms with Crippen LogP contribution >= 0.6 is 37.9 Å². The van der Waals surface area contributed by atoms with E-state index in [0.29, 0.717) is 20.5 Å². The highest BCUT2D eigenvalue weighted by molar-refractivity contribution is 7.84. The fourth-order valence-electron chi connectivity index (χ4n) is 3.20. The number of aromatic nitrogens is 1. The zero-order chi connectivity index (χ0) is 19.4. The minimum absolute atomic E-state index is 0.111. The van der Waals surface area contributed by atoms with E-state index in [4.69, 9.17) is 0 Å². The quantitative estimate of drug-likeness (QED) is 0.277. The number of rotatable bonds is 2. The van der Waals surface area contributed by atoms with Gasteiger partial charge in [0.05, 0.1) is 21.5 Å². The molecule has 0 aliphatic heterocycles. The molecule has 1 aromatic heterocycles. The van der Waals surface area contributed by atoms with Gasteiger partial charge in [-0.15, -0.1) is 37.9 Å². The van der Waals surface area contributed by atoms with Crippen molar-refractivity contribution in [2.45, 2.75) is 62.1 Å². The summed E-state index contributed by atoms with van der Waals surface area (Å²) in [5.41, 5.74) is -0.519. The monoisotopic (exact) mass is 397 g/mol. The Kier molecular flexibility index (Phi) is 5.44. The second kappa shape index (κ2) is 6.55. The van der Waals surface area contributed by atoms with Crippen LogP contribution in [0.3, 0.4) is 0 Å². The number of H-pyrrole nitrogens is 1. The number of hydrogen-bond donors (Lipinski definition) is 5. The van der Waals surface area contributed by atoms with E-state index in [1.165, 1.54) is 0 Å². The van der Waals surface area contributed by atoms with Crippen LogP contribution in [0.1, 0.15) is 51.9 Å². The molecule has 1 aliphatic carbocycles. The number of hydrogen-bond acceptors (Lipinski definition) is 5. The summed E-state index contributed by atoms with van der Waals surface area (Å²) in [5.74, 6) is -0.585. The first kappa shape index (κ1) is 20.7. The maximum Gasteiger partial charge on any atom is 0.177 e. The Morgan fingerprint density at radius 2 is 1.68 bits per heavy atom. The van der Waals surface area contributed by atoms with Gasteiger partial charge in [0.1, 0.15) is 5.60 Å². The van der Waals surface area contributed by atoms with Gasteiger partial charge in [-0.2, -0.15) is 0 Å². The fraction of sp³-hybridized carbons (Fsp3) is 0.526. The van der Waals surface area contributed by atoms with Gasteiger partial charge in [0.15, 0.2) is 5.78 Å². The van der Waals surface area contributed by atoms with Crippen molar-refractivity contribution in [3.05, 3.63) is 29.4 Å². The number of carbonyl (C=O) groups excluding carboxylic acids is 1. The Morgan fingerprint density at radius 1 is 1.12 bits per heavy atom. The van der Waals surface area contributed by atoms with Crippen LogP contribution in [-0.4, -0.2) is 21.5 Å². The maximum absolute atomic E-state index is 13.1. The summed E-state index contributed by atoms with van der Waals surface area (Å²) in [5, 5.41) is 12.3. The number of ketones is 1. The molecule has 25 heavy (non-hydrogen) atoms. The summed E-state index contributed by atoms with van der Waals surface area (Å²) >= 11 is 13.0. The number of aromatic amines is 1. The molecule has 0 fully saturated rings. The van der Waals surface area contributed by atoms with Gasteiger partial charge >= 0.3 is 0 Å². The molecule has 0 saturated carbocycles. The molecule has 0 spiro atoms. The Hall–Kier alpha value is -0.560. The van der Waals surface area contributed by atoms with Gasteiger partial charge in [0.25, 0.3) is 0 Å². The highest BCUT2D eigenvalue weighted by atomic mass is 32.1. The lowest BCUT2D eigenvalue weighted by molar-refractivity contribution is 0.00278. The first-order valence-electron chi connectivity index (χ1n) is 8.21. The van der Waals surface area contributed by atoms with E-state index in [1.807, 2.05) is 47.6 Å². The summed E-state index contributed by atoms with van der Waals surface area (Å²) in [6.07, 6.45) is 5.43. The van der Waals surface area contributed by atoms with Gasteiger partial charge in [-0.3, -0.25) is 4.79 Å². The number of aliphatic hydroxyl groups is 1. The molecule has 0 aromatic carbocycles. The van der Waals surface area contributed by atoms with Gasteiger partial charge in [0, 0.05) is 4.90 Å². The van der Waals surface area contributed by atoms with Crippen molar-refractivity contribution in [3.63, 3.8) is 0 Å². The summed E-state index contributed by atoms with van der Waals surface area (Å²) in [6, 6.07) is 0.